The number of ether oxygens (including phenoxy) is 3. The van der Waals surface area contributed by atoms with Crippen molar-refractivity contribution in [2.45, 2.75) is 39.2 Å². The molecule has 7 heteroatoms. The molecule has 0 unspecified atom stereocenters. The van der Waals surface area contributed by atoms with Gasteiger partial charge in [0.2, 0.25) is 0 Å². The molecule has 1 aromatic heterocycles. The largest absolute Gasteiger partial charge is 0.493 e. The number of hydrogen-bond acceptors (Lipinski definition) is 5. The van der Waals surface area contributed by atoms with E-state index in [2.05, 4.69) is 19.1 Å². The van der Waals surface area contributed by atoms with Crippen LogP contribution in [0, 0.1) is 0 Å². The van der Waals surface area contributed by atoms with E-state index in [9.17, 15) is 9.90 Å². The first-order valence-corrected chi connectivity index (χ1v) is 12.8. The Balaban J connectivity index is 1.83. The number of aryl methyl sites for hydroxylation is 2. The molecular formula is C31H34N2O5. The Labute approximate surface area is 223 Å². The van der Waals surface area contributed by atoms with Crippen molar-refractivity contribution in [3.8, 4) is 39.8 Å². The minimum atomic E-state index is -0.884. The van der Waals surface area contributed by atoms with Gasteiger partial charge in [-0.05, 0) is 54.3 Å². The van der Waals surface area contributed by atoms with Crippen LogP contribution in [0.4, 0.5) is 0 Å². The third-order valence-corrected chi connectivity index (χ3v) is 6.34. The van der Waals surface area contributed by atoms with Crippen LogP contribution < -0.4 is 14.2 Å². The van der Waals surface area contributed by atoms with E-state index in [4.69, 9.17) is 19.3 Å². The van der Waals surface area contributed by atoms with E-state index in [0.29, 0.717) is 41.7 Å². The van der Waals surface area contributed by atoms with E-state index in [1.165, 1.54) is 5.56 Å². The van der Waals surface area contributed by atoms with E-state index < -0.39 is 5.97 Å². The number of rotatable bonds is 13. The smallest absolute Gasteiger partial charge is 0.307 e. The van der Waals surface area contributed by atoms with Crippen molar-refractivity contribution in [1.29, 1.82) is 0 Å². The first-order chi connectivity index (χ1) is 18.5. The first-order valence-electron chi connectivity index (χ1n) is 12.8. The SMILES string of the molecule is CCCCOc1ccc(CC(=O)O)cc1-c1cc(-c2cccc(OC)c2OC)n(CCc2ccccc2)n1. The highest BCUT2D eigenvalue weighted by Gasteiger charge is 2.20. The van der Waals surface area contributed by atoms with Gasteiger partial charge in [-0.25, -0.2) is 0 Å². The lowest BCUT2D eigenvalue weighted by Crippen LogP contribution is -2.06. The minimum Gasteiger partial charge on any atom is -0.493 e. The monoisotopic (exact) mass is 514 g/mol. The van der Waals surface area contributed by atoms with Gasteiger partial charge in [0, 0.05) is 17.7 Å². The summed E-state index contributed by atoms with van der Waals surface area (Å²) >= 11 is 0. The summed E-state index contributed by atoms with van der Waals surface area (Å²) in [5.41, 5.74) is 5.09. The van der Waals surface area contributed by atoms with Gasteiger partial charge in [0.05, 0.1) is 38.6 Å². The van der Waals surface area contributed by atoms with Crippen molar-refractivity contribution in [3.05, 3.63) is 83.9 Å². The fourth-order valence-electron chi connectivity index (χ4n) is 4.42. The Hall–Kier alpha value is -4.26. The van der Waals surface area contributed by atoms with Crippen LogP contribution in [0.5, 0.6) is 17.2 Å². The first kappa shape index (κ1) is 26.8. The number of aliphatic carboxylic acids is 1. The number of methoxy groups -OCH3 is 2. The zero-order valence-electron chi connectivity index (χ0n) is 22.1. The van der Waals surface area contributed by atoms with E-state index in [1.54, 1.807) is 20.3 Å². The highest BCUT2D eigenvalue weighted by atomic mass is 16.5. The number of carboxylic acid groups (broad SMARTS) is 1. The highest BCUT2D eigenvalue weighted by Crippen LogP contribution is 2.40. The number of unbranched alkanes of at least 4 members (excludes halogenated alkanes) is 1. The summed E-state index contributed by atoms with van der Waals surface area (Å²) in [6.45, 7) is 3.33. The minimum absolute atomic E-state index is 0.0759. The predicted molar refractivity (Wildman–Crippen MR) is 148 cm³/mol. The van der Waals surface area contributed by atoms with E-state index >= 15 is 0 Å². The second kappa shape index (κ2) is 12.8. The molecule has 1 N–H and O–H groups in total. The van der Waals surface area contributed by atoms with Crippen molar-refractivity contribution >= 4 is 5.97 Å². The molecule has 0 saturated heterocycles. The van der Waals surface area contributed by atoms with Crippen molar-refractivity contribution < 1.29 is 24.1 Å². The van der Waals surface area contributed by atoms with Crippen LogP contribution in [0.1, 0.15) is 30.9 Å². The highest BCUT2D eigenvalue weighted by molar-refractivity contribution is 5.78. The number of carboxylic acids is 1. The predicted octanol–water partition coefficient (Wildman–Crippen LogP) is 6.28. The molecule has 0 atom stereocenters. The molecule has 0 aliphatic carbocycles. The molecule has 198 valence electrons. The average molecular weight is 515 g/mol. The molecule has 38 heavy (non-hydrogen) atoms. The number of aromatic nitrogens is 2. The Morgan fingerprint density at radius 1 is 0.895 bits per heavy atom. The lowest BCUT2D eigenvalue weighted by molar-refractivity contribution is -0.136. The average Bonchev–Trinajstić information content (AvgIpc) is 3.36. The number of hydrogen-bond donors (Lipinski definition) is 1. The third-order valence-electron chi connectivity index (χ3n) is 6.34. The molecule has 7 nitrogen and oxygen atoms in total. The number of carbonyl (C=O) groups is 1. The molecule has 0 spiro atoms. The van der Waals surface area contributed by atoms with Crippen LogP contribution >= 0.6 is 0 Å². The van der Waals surface area contributed by atoms with Crippen LogP contribution in [0.3, 0.4) is 0 Å². The summed E-state index contributed by atoms with van der Waals surface area (Å²) in [5, 5.41) is 14.4. The molecule has 0 fully saturated rings. The number of nitrogens with zero attached hydrogens (tertiary/aromatic N) is 2. The van der Waals surface area contributed by atoms with Gasteiger partial charge >= 0.3 is 5.97 Å². The molecule has 0 aliphatic rings. The molecule has 4 rings (SSSR count). The van der Waals surface area contributed by atoms with Gasteiger partial charge < -0.3 is 19.3 Å². The molecule has 0 radical (unpaired) electrons. The van der Waals surface area contributed by atoms with Gasteiger partial charge in [0.1, 0.15) is 5.75 Å². The fourth-order valence-corrected chi connectivity index (χ4v) is 4.42. The quantitative estimate of drug-likeness (QED) is 0.211. The van der Waals surface area contributed by atoms with Crippen molar-refractivity contribution in [1.82, 2.24) is 9.78 Å². The topological polar surface area (TPSA) is 82.8 Å². The van der Waals surface area contributed by atoms with Crippen LogP contribution in [-0.4, -0.2) is 41.7 Å². The Bertz CT molecular complexity index is 1360. The standard InChI is InChI=1S/C31H34N2O5/c1-4-5-18-38-28-15-14-23(20-30(34)35)19-25(28)26-21-27(24-12-9-13-29(36-2)31(24)37-3)33(32-26)17-16-22-10-7-6-8-11-22/h6-15,19,21H,4-5,16-18,20H2,1-3H3,(H,34,35). The Kier molecular flexibility index (Phi) is 9.03. The summed E-state index contributed by atoms with van der Waals surface area (Å²) < 4.78 is 19.4. The van der Waals surface area contributed by atoms with Crippen LogP contribution in [0.15, 0.2) is 72.8 Å². The maximum absolute atomic E-state index is 11.4. The van der Waals surface area contributed by atoms with Gasteiger partial charge in [-0.3, -0.25) is 9.48 Å². The number of benzene rings is 3. The van der Waals surface area contributed by atoms with Crippen molar-refractivity contribution in [3.63, 3.8) is 0 Å². The van der Waals surface area contributed by atoms with Crippen molar-refractivity contribution in [2.24, 2.45) is 0 Å². The summed E-state index contributed by atoms with van der Waals surface area (Å²) in [6, 6.07) is 23.6. The van der Waals surface area contributed by atoms with Crippen LogP contribution in [-0.2, 0) is 24.2 Å². The summed E-state index contributed by atoms with van der Waals surface area (Å²) in [6.07, 6.45) is 2.65. The maximum atomic E-state index is 11.4. The zero-order chi connectivity index (χ0) is 26.9. The summed E-state index contributed by atoms with van der Waals surface area (Å²) in [4.78, 5) is 11.4. The van der Waals surface area contributed by atoms with Gasteiger partial charge in [-0.1, -0.05) is 55.8 Å². The molecule has 0 bridgehead atoms. The Morgan fingerprint density at radius 2 is 1.71 bits per heavy atom. The molecule has 0 saturated carbocycles. The maximum Gasteiger partial charge on any atom is 0.307 e. The van der Waals surface area contributed by atoms with E-state index in [0.717, 1.165) is 36.1 Å². The second-order valence-corrected chi connectivity index (χ2v) is 9.02. The summed E-state index contributed by atoms with van der Waals surface area (Å²) in [5.74, 6) is 1.06. The van der Waals surface area contributed by atoms with Gasteiger partial charge in [0.25, 0.3) is 0 Å². The van der Waals surface area contributed by atoms with Crippen molar-refractivity contribution in [2.75, 3.05) is 20.8 Å². The summed E-state index contributed by atoms with van der Waals surface area (Å²) in [7, 11) is 3.25. The molecule has 3 aromatic carbocycles. The number of para-hydroxylation sites is 1. The van der Waals surface area contributed by atoms with E-state index in [-0.39, 0.29) is 6.42 Å². The zero-order valence-corrected chi connectivity index (χ0v) is 22.1. The molecular weight excluding hydrogens is 480 g/mol. The third kappa shape index (κ3) is 6.35. The second-order valence-electron chi connectivity index (χ2n) is 9.02. The molecule has 1 heterocycles. The normalized spacial score (nSPS) is 10.8. The molecule has 4 aromatic rings. The van der Waals surface area contributed by atoms with E-state index in [1.807, 2.05) is 59.3 Å². The van der Waals surface area contributed by atoms with Crippen LogP contribution in [0.25, 0.3) is 22.5 Å². The molecule has 0 amide bonds. The van der Waals surface area contributed by atoms with Gasteiger partial charge in [-0.2, -0.15) is 5.10 Å². The lowest BCUT2D eigenvalue weighted by Gasteiger charge is -2.14. The van der Waals surface area contributed by atoms with Gasteiger partial charge in [0.15, 0.2) is 11.5 Å². The fraction of sp³-hybridized carbons (Fsp3) is 0.290. The van der Waals surface area contributed by atoms with Gasteiger partial charge in [-0.15, -0.1) is 0 Å². The molecule has 0 aliphatic heterocycles. The lowest BCUT2D eigenvalue weighted by atomic mass is 10.0. The Morgan fingerprint density at radius 3 is 2.42 bits per heavy atom. The van der Waals surface area contributed by atoms with Crippen LogP contribution in [0.2, 0.25) is 0 Å².